The number of carbonyl (C=O) groups excluding carboxylic acids is 2. The van der Waals surface area contributed by atoms with E-state index in [4.69, 9.17) is 0 Å². The third-order valence-electron chi connectivity index (χ3n) is 10.0. The number of piperidine rings is 1. The second kappa shape index (κ2) is 14.7. The number of rotatable bonds is 9. The molecule has 2 N–H and O–H groups in total. The first-order chi connectivity index (χ1) is 25.0. The summed E-state index contributed by atoms with van der Waals surface area (Å²) in [5.41, 5.74) is 3.82. The van der Waals surface area contributed by atoms with Gasteiger partial charge in [-0.1, -0.05) is 30.3 Å². The zero-order chi connectivity index (χ0) is 36.5. The Morgan fingerprint density at radius 2 is 1.67 bits per heavy atom. The number of amides is 3. The Hall–Kier alpha value is -5.43. The normalized spacial score (nSPS) is 16.4. The van der Waals surface area contributed by atoms with E-state index in [1.54, 1.807) is 37.1 Å². The molecule has 0 spiro atoms. The van der Waals surface area contributed by atoms with Crippen LogP contribution in [-0.2, 0) is 11.3 Å². The number of imide groups is 1. The van der Waals surface area contributed by atoms with E-state index in [1.165, 1.54) is 23.8 Å². The molecule has 268 valence electrons. The molecule has 3 amide bonds. The number of benzene rings is 3. The van der Waals surface area contributed by atoms with E-state index in [1.807, 2.05) is 30.3 Å². The molecule has 0 aliphatic carbocycles. The van der Waals surface area contributed by atoms with E-state index in [2.05, 4.69) is 30.7 Å². The lowest BCUT2D eigenvalue weighted by atomic mass is 9.89. The lowest BCUT2D eigenvalue weighted by molar-refractivity contribution is -0.120. The summed E-state index contributed by atoms with van der Waals surface area (Å²) in [5.74, 6) is -0.864. The average molecular weight is 712 g/mol. The number of anilines is 2. The van der Waals surface area contributed by atoms with Crippen molar-refractivity contribution in [2.45, 2.75) is 58.0 Å². The van der Waals surface area contributed by atoms with Crippen LogP contribution < -0.4 is 15.5 Å². The Kier molecular flexibility index (Phi) is 9.87. The molecule has 13 heteroatoms. The summed E-state index contributed by atoms with van der Waals surface area (Å²) in [6.45, 7) is 5.81. The molecule has 1 unspecified atom stereocenters. The van der Waals surface area contributed by atoms with Crippen LogP contribution in [0.25, 0.3) is 22.0 Å². The average Bonchev–Trinajstić information content (AvgIpc) is 3.14. The molecule has 3 aromatic carbocycles. The zero-order valence-electron chi connectivity index (χ0n) is 28.7. The summed E-state index contributed by atoms with van der Waals surface area (Å²) in [4.78, 5) is 32.2. The van der Waals surface area contributed by atoms with Gasteiger partial charge in [-0.25, -0.2) is 22.4 Å². The monoisotopic (exact) mass is 711 g/mol. The van der Waals surface area contributed by atoms with Gasteiger partial charge in [0.2, 0.25) is 5.91 Å². The number of halogens is 4. The van der Waals surface area contributed by atoms with Crippen LogP contribution in [0.3, 0.4) is 0 Å². The molecular formula is C39H37F4N7O2. The third kappa shape index (κ3) is 7.18. The number of aryl methyl sites for hydroxylation is 1. The Morgan fingerprint density at radius 1 is 0.923 bits per heavy atom. The highest BCUT2D eigenvalue weighted by Crippen LogP contribution is 2.34. The Bertz CT molecular complexity index is 2140. The van der Waals surface area contributed by atoms with Crippen molar-refractivity contribution in [2.24, 2.45) is 0 Å². The minimum atomic E-state index is -2.94. The second-order valence-corrected chi connectivity index (χ2v) is 13.4. The number of fused-ring (bicyclic) bond motifs is 1. The number of hydrogen-bond donors (Lipinski definition) is 2. The highest BCUT2D eigenvalue weighted by atomic mass is 19.3. The van der Waals surface area contributed by atoms with Crippen LogP contribution in [-0.4, -0.2) is 51.7 Å². The summed E-state index contributed by atoms with van der Waals surface area (Å²) in [7, 11) is 0. The van der Waals surface area contributed by atoms with Gasteiger partial charge in [0.1, 0.15) is 11.6 Å². The summed E-state index contributed by atoms with van der Waals surface area (Å²) < 4.78 is 56.9. The van der Waals surface area contributed by atoms with Crippen LogP contribution in [0.15, 0.2) is 72.9 Å². The lowest BCUT2D eigenvalue weighted by Gasteiger charge is -2.32. The molecule has 52 heavy (non-hydrogen) atoms. The van der Waals surface area contributed by atoms with Crippen molar-refractivity contribution < 1.29 is 27.2 Å². The van der Waals surface area contributed by atoms with Gasteiger partial charge >= 0.3 is 6.03 Å². The van der Waals surface area contributed by atoms with Crippen molar-refractivity contribution in [2.75, 3.05) is 29.9 Å². The molecule has 5 aromatic rings. The molecule has 7 rings (SSSR count). The van der Waals surface area contributed by atoms with Crippen LogP contribution in [0.1, 0.15) is 72.5 Å². The van der Waals surface area contributed by atoms with Gasteiger partial charge in [0.25, 0.3) is 6.43 Å². The van der Waals surface area contributed by atoms with Crippen molar-refractivity contribution in [1.29, 1.82) is 0 Å². The fourth-order valence-corrected chi connectivity index (χ4v) is 7.05. The van der Waals surface area contributed by atoms with E-state index in [9.17, 15) is 22.8 Å². The minimum absolute atomic E-state index is 0.0794. The molecule has 0 radical (unpaired) electrons. The molecule has 2 aliphatic rings. The first-order valence-electron chi connectivity index (χ1n) is 17.2. The number of hydrogen-bond acceptors (Lipinski definition) is 7. The fraction of sp³-hybridized carbons (Fsp3) is 0.308. The van der Waals surface area contributed by atoms with Gasteiger partial charge in [0.05, 0.1) is 23.0 Å². The number of pyridine rings is 1. The summed E-state index contributed by atoms with van der Waals surface area (Å²) >= 11 is 0. The number of nitrogens with zero attached hydrogens (tertiary/aromatic N) is 5. The molecule has 0 bridgehead atoms. The van der Waals surface area contributed by atoms with Crippen molar-refractivity contribution in [3.05, 3.63) is 113 Å². The number of urea groups is 1. The SMILES string of the molecule is Cc1nnc(NC(C)c2cccc(C(F)F)c2F)c2cc(-c3ccc(F)c(CN4CCC(c5ccc(N6CCC(=O)NC6=O)cc5)CC4)c3)ncc12. The summed E-state index contributed by atoms with van der Waals surface area (Å²) in [6.07, 6.45) is 0.803. The Balaban J connectivity index is 1.05. The van der Waals surface area contributed by atoms with E-state index in [-0.39, 0.29) is 23.7 Å². The van der Waals surface area contributed by atoms with E-state index < -0.39 is 29.9 Å². The maximum Gasteiger partial charge on any atom is 0.328 e. The van der Waals surface area contributed by atoms with Gasteiger partial charge in [0, 0.05) is 58.9 Å². The smallest absolute Gasteiger partial charge is 0.328 e. The Morgan fingerprint density at radius 3 is 2.40 bits per heavy atom. The minimum Gasteiger partial charge on any atom is -0.361 e. The highest BCUT2D eigenvalue weighted by molar-refractivity contribution is 6.05. The van der Waals surface area contributed by atoms with E-state index >= 15 is 4.39 Å². The highest BCUT2D eigenvalue weighted by Gasteiger charge is 2.26. The fourth-order valence-electron chi connectivity index (χ4n) is 7.05. The van der Waals surface area contributed by atoms with Gasteiger partial charge in [-0.05, 0) is 87.7 Å². The maximum absolute atomic E-state index is 15.2. The quantitative estimate of drug-likeness (QED) is 0.149. The van der Waals surface area contributed by atoms with Crippen LogP contribution in [0.5, 0.6) is 0 Å². The topological polar surface area (TPSA) is 103 Å². The molecule has 1 atom stereocenters. The van der Waals surface area contributed by atoms with Gasteiger partial charge in [-0.3, -0.25) is 24.9 Å². The molecule has 4 heterocycles. The first kappa shape index (κ1) is 35.0. The van der Waals surface area contributed by atoms with Gasteiger partial charge in [-0.2, -0.15) is 5.10 Å². The first-order valence-corrected chi connectivity index (χ1v) is 17.2. The van der Waals surface area contributed by atoms with E-state index in [0.29, 0.717) is 58.1 Å². The standard InChI is InChI=1S/C39H37F4N7O2/c1-22(29-4-3-5-30(36(29)41)37(42)43)45-38-31-19-34(44-20-32(31)23(2)47-48-38)26-8-11-33(40)27(18-26)21-49-15-12-25(13-16-49)24-6-9-28(10-7-24)50-17-14-35(51)46-39(50)52/h3-11,18-20,22,25,37H,12-17,21H2,1-2H3,(H,45,48)(H,46,51,52). The number of aromatic nitrogens is 3. The predicted octanol–water partition coefficient (Wildman–Crippen LogP) is 8.22. The summed E-state index contributed by atoms with van der Waals surface area (Å²) in [5, 5.41) is 15.4. The molecule has 2 fully saturated rings. The largest absolute Gasteiger partial charge is 0.361 e. The predicted molar refractivity (Wildman–Crippen MR) is 190 cm³/mol. The van der Waals surface area contributed by atoms with Crippen LogP contribution in [0.4, 0.5) is 33.9 Å². The molecule has 2 aliphatic heterocycles. The summed E-state index contributed by atoms with van der Waals surface area (Å²) in [6, 6.07) is 17.5. The van der Waals surface area contributed by atoms with Gasteiger partial charge in [0.15, 0.2) is 5.82 Å². The van der Waals surface area contributed by atoms with Crippen molar-refractivity contribution in [1.82, 2.24) is 25.4 Å². The van der Waals surface area contributed by atoms with Crippen LogP contribution in [0, 0.1) is 18.6 Å². The Labute approximate surface area is 298 Å². The zero-order valence-corrected chi connectivity index (χ0v) is 28.7. The van der Waals surface area contributed by atoms with Crippen molar-refractivity contribution >= 4 is 34.2 Å². The van der Waals surface area contributed by atoms with Crippen LogP contribution in [0.2, 0.25) is 0 Å². The van der Waals surface area contributed by atoms with Gasteiger partial charge < -0.3 is 5.32 Å². The molecule has 9 nitrogen and oxygen atoms in total. The maximum atomic E-state index is 15.2. The third-order valence-corrected chi connectivity index (χ3v) is 10.0. The molecule has 2 aromatic heterocycles. The second-order valence-electron chi connectivity index (χ2n) is 13.4. The molecular weight excluding hydrogens is 674 g/mol. The van der Waals surface area contributed by atoms with Crippen LogP contribution >= 0.6 is 0 Å². The number of nitrogens with one attached hydrogen (secondary N) is 2. The number of likely N-dealkylation sites (tertiary alicyclic amines) is 1. The molecule has 0 saturated carbocycles. The molecule has 2 saturated heterocycles. The van der Waals surface area contributed by atoms with Crippen molar-refractivity contribution in [3.8, 4) is 11.3 Å². The van der Waals surface area contributed by atoms with E-state index in [0.717, 1.165) is 37.7 Å². The number of carbonyl (C=O) groups is 2. The number of alkyl halides is 2. The lowest BCUT2D eigenvalue weighted by Crippen LogP contribution is -2.49. The van der Waals surface area contributed by atoms with Crippen molar-refractivity contribution in [3.63, 3.8) is 0 Å². The van der Waals surface area contributed by atoms with Gasteiger partial charge in [-0.15, -0.1) is 5.10 Å².